The number of ether oxygens (including phenoxy) is 1. The number of methoxy groups -OCH3 is 1. The monoisotopic (exact) mass is 375 g/mol. The molecule has 9 heteroatoms. The zero-order chi connectivity index (χ0) is 17.6. The molecule has 1 aromatic heterocycles. The molecule has 1 heterocycles. The van der Waals surface area contributed by atoms with Crippen molar-refractivity contribution < 1.29 is 9.53 Å². The van der Waals surface area contributed by atoms with Gasteiger partial charge in [-0.05, 0) is 52.9 Å². The number of halogens is 1. The first-order chi connectivity index (χ1) is 12.2. The fraction of sp³-hybridized carbons (Fsp3) is 0.125. The summed E-state index contributed by atoms with van der Waals surface area (Å²) in [6.45, 7) is 0. The van der Waals surface area contributed by atoms with Crippen molar-refractivity contribution in [3.8, 4) is 11.4 Å². The Morgan fingerprint density at radius 3 is 2.80 bits per heavy atom. The summed E-state index contributed by atoms with van der Waals surface area (Å²) >= 11 is 7.14. The standard InChI is InChI=1S/C16H14ClN5O2S/c1-24-14-7-5-13(6-8-14)22-16(19-20-21-22)25-10-15(23)18-12-4-2-3-11(17)9-12/h2-9H,10H2,1H3,(H,18,23). The highest BCUT2D eigenvalue weighted by atomic mass is 35.5. The van der Waals surface area contributed by atoms with Crippen LogP contribution in [0.4, 0.5) is 5.69 Å². The third kappa shape index (κ3) is 4.49. The summed E-state index contributed by atoms with van der Waals surface area (Å²) in [6, 6.07) is 14.3. The van der Waals surface area contributed by atoms with Crippen LogP contribution in [0, 0.1) is 0 Å². The van der Waals surface area contributed by atoms with Crippen molar-refractivity contribution >= 4 is 35.0 Å². The van der Waals surface area contributed by atoms with Crippen molar-refractivity contribution in [3.63, 3.8) is 0 Å². The number of thioether (sulfide) groups is 1. The Bertz CT molecular complexity index is 869. The topological polar surface area (TPSA) is 81.9 Å². The van der Waals surface area contributed by atoms with Gasteiger partial charge in [0.05, 0.1) is 18.6 Å². The van der Waals surface area contributed by atoms with E-state index in [2.05, 4.69) is 20.8 Å². The second-order valence-electron chi connectivity index (χ2n) is 4.92. The Morgan fingerprint density at radius 2 is 2.08 bits per heavy atom. The number of amides is 1. The Kier molecular flexibility index (Phi) is 5.52. The second kappa shape index (κ2) is 8.00. The molecule has 0 fully saturated rings. The van der Waals surface area contributed by atoms with E-state index in [1.54, 1.807) is 36.1 Å². The maximum Gasteiger partial charge on any atom is 0.234 e. The highest BCUT2D eigenvalue weighted by Gasteiger charge is 2.12. The van der Waals surface area contributed by atoms with E-state index in [1.165, 1.54) is 11.8 Å². The van der Waals surface area contributed by atoms with Gasteiger partial charge < -0.3 is 10.1 Å². The summed E-state index contributed by atoms with van der Waals surface area (Å²) in [5, 5.41) is 15.5. The fourth-order valence-corrected chi connectivity index (χ4v) is 2.93. The van der Waals surface area contributed by atoms with E-state index in [9.17, 15) is 4.79 Å². The van der Waals surface area contributed by atoms with E-state index in [0.717, 1.165) is 11.4 Å². The van der Waals surface area contributed by atoms with Crippen molar-refractivity contribution in [1.82, 2.24) is 20.2 Å². The minimum atomic E-state index is -0.170. The molecule has 0 spiro atoms. The van der Waals surface area contributed by atoms with Gasteiger partial charge in [0.2, 0.25) is 11.1 Å². The summed E-state index contributed by atoms with van der Waals surface area (Å²) in [4.78, 5) is 12.1. The Balaban J connectivity index is 1.64. The van der Waals surface area contributed by atoms with E-state index in [-0.39, 0.29) is 11.7 Å². The highest BCUT2D eigenvalue weighted by Crippen LogP contribution is 2.21. The van der Waals surface area contributed by atoms with Crippen molar-refractivity contribution in [2.45, 2.75) is 5.16 Å². The summed E-state index contributed by atoms with van der Waals surface area (Å²) in [6.07, 6.45) is 0. The lowest BCUT2D eigenvalue weighted by atomic mass is 10.3. The Labute approximate surface area is 153 Å². The molecule has 0 unspecified atom stereocenters. The molecule has 7 nitrogen and oxygen atoms in total. The molecule has 3 rings (SSSR count). The van der Waals surface area contributed by atoms with Crippen LogP contribution in [0.2, 0.25) is 5.02 Å². The molecular formula is C16H14ClN5O2S. The molecule has 128 valence electrons. The zero-order valence-electron chi connectivity index (χ0n) is 13.2. The third-order valence-electron chi connectivity index (χ3n) is 3.20. The van der Waals surface area contributed by atoms with Crippen LogP contribution in [0.3, 0.4) is 0 Å². The summed E-state index contributed by atoms with van der Waals surface area (Å²) in [5.41, 5.74) is 1.43. The molecule has 0 atom stereocenters. The Hall–Kier alpha value is -2.58. The van der Waals surface area contributed by atoms with Gasteiger partial charge in [0, 0.05) is 10.7 Å². The lowest BCUT2D eigenvalue weighted by Gasteiger charge is -2.06. The van der Waals surface area contributed by atoms with E-state index in [1.807, 2.05) is 24.3 Å². The number of anilines is 1. The number of hydrogen-bond donors (Lipinski definition) is 1. The van der Waals surface area contributed by atoms with Gasteiger partial charge in [-0.15, -0.1) is 5.10 Å². The predicted octanol–water partition coefficient (Wildman–Crippen LogP) is 3.06. The molecule has 0 aliphatic heterocycles. The van der Waals surface area contributed by atoms with Crippen LogP contribution in [0.25, 0.3) is 5.69 Å². The SMILES string of the molecule is COc1ccc(-n2nnnc2SCC(=O)Nc2cccc(Cl)c2)cc1. The van der Waals surface area contributed by atoms with Crippen molar-refractivity contribution in [3.05, 3.63) is 53.6 Å². The van der Waals surface area contributed by atoms with Crippen LogP contribution in [0.15, 0.2) is 53.7 Å². The Morgan fingerprint density at radius 1 is 1.28 bits per heavy atom. The molecule has 0 aliphatic carbocycles. The molecule has 0 aliphatic rings. The molecule has 0 saturated heterocycles. The van der Waals surface area contributed by atoms with E-state index >= 15 is 0 Å². The third-order valence-corrected chi connectivity index (χ3v) is 4.35. The minimum absolute atomic E-state index is 0.170. The molecule has 3 aromatic rings. The summed E-state index contributed by atoms with van der Waals surface area (Å²) in [5.74, 6) is 0.742. The molecule has 0 saturated carbocycles. The number of carbonyl (C=O) groups excluding carboxylic acids is 1. The average molecular weight is 376 g/mol. The maximum absolute atomic E-state index is 12.1. The quantitative estimate of drug-likeness (QED) is 0.667. The lowest BCUT2D eigenvalue weighted by molar-refractivity contribution is -0.113. The van der Waals surface area contributed by atoms with Crippen LogP contribution < -0.4 is 10.1 Å². The number of aromatic nitrogens is 4. The number of rotatable bonds is 6. The molecule has 0 radical (unpaired) electrons. The smallest absolute Gasteiger partial charge is 0.234 e. The van der Waals surface area contributed by atoms with Crippen molar-refractivity contribution in [2.75, 3.05) is 18.2 Å². The molecule has 25 heavy (non-hydrogen) atoms. The van der Waals surface area contributed by atoms with Gasteiger partial charge in [-0.25, -0.2) is 0 Å². The van der Waals surface area contributed by atoms with Gasteiger partial charge in [-0.1, -0.05) is 29.4 Å². The molecule has 1 amide bonds. The van der Waals surface area contributed by atoms with Gasteiger partial charge >= 0.3 is 0 Å². The minimum Gasteiger partial charge on any atom is -0.497 e. The molecular weight excluding hydrogens is 362 g/mol. The van der Waals surface area contributed by atoms with Crippen LogP contribution in [0.5, 0.6) is 5.75 Å². The summed E-state index contributed by atoms with van der Waals surface area (Å²) < 4.78 is 6.70. The van der Waals surface area contributed by atoms with Crippen LogP contribution in [0.1, 0.15) is 0 Å². The highest BCUT2D eigenvalue weighted by molar-refractivity contribution is 7.99. The van der Waals surface area contributed by atoms with Crippen LogP contribution >= 0.6 is 23.4 Å². The van der Waals surface area contributed by atoms with Gasteiger partial charge in [-0.3, -0.25) is 4.79 Å². The molecule has 2 aromatic carbocycles. The van der Waals surface area contributed by atoms with Crippen molar-refractivity contribution in [2.24, 2.45) is 0 Å². The van der Waals surface area contributed by atoms with Gasteiger partial charge in [0.15, 0.2) is 0 Å². The number of benzene rings is 2. The number of hydrogen-bond acceptors (Lipinski definition) is 6. The van der Waals surface area contributed by atoms with E-state index in [4.69, 9.17) is 16.3 Å². The first kappa shape index (κ1) is 17.2. The number of nitrogens with one attached hydrogen (secondary N) is 1. The predicted molar refractivity (Wildman–Crippen MR) is 96.5 cm³/mol. The normalized spacial score (nSPS) is 10.5. The number of carbonyl (C=O) groups is 1. The molecule has 1 N–H and O–H groups in total. The van der Waals surface area contributed by atoms with Crippen molar-refractivity contribution in [1.29, 1.82) is 0 Å². The van der Waals surface area contributed by atoms with E-state index in [0.29, 0.717) is 15.9 Å². The zero-order valence-corrected chi connectivity index (χ0v) is 14.8. The summed E-state index contributed by atoms with van der Waals surface area (Å²) in [7, 11) is 1.60. The number of nitrogens with zero attached hydrogens (tertiary/aromatic N) is 4. The first-order valence-corrected chi connectivity index (χ1v) is 8.63. The number of tetrazole rings is 1. The lowest BCUT2D eigenvalue weighted by Crippen LogP contribution is -2.14. The van der Waals surface area contributed by atoms with Gasteiger partial charge in [0.25, 0.3) is 0 Å². The largest absolute Gasteiger partial charge is 0.497 e. The average Bonchev–Trinajstić information content (AvgIpc) is 3.08. The van der Waals surface area contributed by atoms with Crippen LogP contribution in [-0.4, -0.2) is 39.0 Å². The van der Waals surface area contributed by atoms with Crippen LogP contribution in [-0.2, 0) is 4.79 Å². The maximum atomic E-state index is 12.1. The van der Waals surface area contributed by atoms with Gasteiger partial charge in [0.1, 0.15) is 5.75 Å². The second-order valence-corrected chi connectivity index (χ2v) is 6.30. The first-order valence-electron chi connectivity index (χ1n) is 7.27. The van der Waals surface area contributed by atoms with E-state index < -0.39 is 0 Å². The molecule has 0 bridgehead atoms. The van der Waals surface area contributed by atoms with Gasteiger partial charge in [-0.2, -0.15) is 4.68 Å². The fourth-order valence-electron chi connectivity index (χ4n) is 2.05.